The number of rotatable bonds is 4. The van der Waals surface area contributed by atoms with Crippen LogP contribution >= 0.6 is 11.5 Å². The van der Waals surface area contributed by atoms with E-state index >= 15 is 0 Å². The van der Waals surface area contributed by atoms with Gasteiger partial charge < -0.3 is 10.0 Å². The topological polar surface area (TPSA) is 66.3 Å². The highest BCUT2D eigenvalue weighted by molar-refractivity contribution is 7.09. The molecule has 1 unspecified atom stereocenters. The van der Waals surface area contributed by atoms with Gasteiger partial charge in [0.25, 0.3) is 0 Å². The molecule has 1 aliphatic rings. The van der Waals surface area contributed by atoms with Crippen LogP contribution in [0.1, 0.15) is 32.0 Å². The van der Waals surface area contributed by atoms with Gasteiger partial charge in [-0.25, -0.2) is 4.98 Å². The monoisotopic (exact) mass is 255 g/mol. The SMILES string of the molecule is CCCC1(C(=O)O)CCN(c2nc(C)ns2)C1. The highest BCUT2D eigenvalue weighted by atomic mass is 32.1. The maximum Gasteiger partial charge on any atom is 0.311 e. The fraction of sp³-hybridized carbons (Fsp3) is 0.727. The van der Waals surface area contributed by atoms with Gasteiger partial charge in [-0.15, -0.1) is 0 Å². The number of nitrogens with zero attached hydrogens (tertiary/aromatic N) is 3. The summed E-state index contributed by atoms with van der Waals surface area (Å²) >= 11 is 1.35. The molecular weight excluding hydrogens is 238 g/mol. The first kappa shape index (κ1) is 12.3. The summed E-state index contributed by atoms with van der Waals surface area (Å²) in [5.74, 6) is 0.0800. The van der Waals surface area contributed by atoms with E-state index in [-0.39, 0.29) is 0 Å². The summed E-state index contributed by atoms with van der Waals surface area (Å²) in [7, 11) is 0. The van der Waals surface area contributed by atoms with E-state index in [1.54, 1.807) is 0 Å². The van der Waals surface area contributed by atoms with Gasteiger partial charge in [0.2, 0.25) is 5.13 Å². The van der Waals surface area contributed by atoms with Gasteiger partial charge in [-0.3, -0.25) is 4.79 Å². The molecule has 1 aromatic heterocycles. The van der Waals surface area contributed by atoms with Crippen LogP contribution < -0.4 is 4.90 Å². The van der Waals surface area contributed by atoms with Gasteiger partial charge >= 0.3 is 5.97 Å². The zero-order chi connectivity index (χ0) is 12.5. The second kappa shape index (κ2) is 4.60. The summed E-state index contributed by atoms with van der Waals surface area (Å²) in [5.41, 5.74) is -0.589. The van der Waals surface area contributed by atoms with E-state index in [1.807, 2.05) is 13.8 Å². The Morgan fingerprint density at radius 1 is 1.65 bits per heavy atom. The molecule has 0 aromatic carbocycles. The Kier molecular flexibility index (Phi) is 3.33. The summed E-state index contributed by atoms with van der Waals surface area (Å²) < 4.78 is 4.14. The number of aromatic nitrogens is 2. The van der Waals surface area contributed by atoms with Crippen LogP contribution in [-0.4, -0.2) is 33.5 Å². The summed E-state index contributed by atoms with van der Waals surface area (Å²) in [6.45, 7) is 5.21. The van der Waals surface area contributed by atoms with Crippen molar-refractivity contribution in [1.82, 2.24) is 9.36 Å². The van der Waals surface area contributed by atoms with Crippen molar-refractivity contribution in [3.8, 4) is 0 Å². The minimum absolute atomic E-state index is 0.560. The van der Waals surface area contributed by atoms with E-state index < -0.39 is 11.4 Å². The van der Waals surface area contributed by atoms with E-state index in [2.05, 4.69) is 14.3 Å². The molecule has 0 radical (unpaired) electrons. The average molecular weight is 255 g/mol. The number of anilines is 1. The van der Waals surface area contributed by atoms with Crippen LogP contribution in [0.2, 0.25) is 0 Å². The van der Waals surface area contributed by atoms with Gasteiger partial charge in [0.05, 0.1) is 5.41 Å². The number of carboxylic acid groups (broad SMARTS) is 1. The number of carboxylic acids is 1. The minimum Gasteiger partial charge on any atom is -0.481 e. The van der Waals surface area contributed by atoms with E-state index in [0.717, 1.165) is 30.3 Å². The Morgan fingerprint density at radius 2 is 2.41 bits per heavy atom. The Morgan fingerprint density at radius 3 is 2.94 bits per heavy atom. The molecule has 2 heterocycles. The first-order valence-corrected chi connectivity index (χ1v) is 6.63. The average Bonchev–Trinajstić information content (AvgIpc) is 2.86. The third-order valence-corrected chi connectivity index (χ3v) is 4.19. The lowest BCUT2D eigenvalue weighted by Gasteiger charge is -2.23. The second-order valence-electron chi connectivity index (χ2n) is 4.63. The van der Waals surface area contributed by atoms with Gasteiger partial charge in [0.15, 0.2) is 0 Å². The lowest BCUT2D eigenvalue weighted by Crippen LogP contribution is -2.34. The lowest BCUT2D eigenvalue weighted by molar-refractivity contribution is -0.148. The molecule has 1 aliphatic heterocycles. The molecule has 0 amide bonds. The van der Waals surface area contributed by atoms with Gasteiger partial charge in [-0.1, -0.05) is 13.3 Å². The Hall–Kier alpha value is -1.17. The molecule has 6 heteroatoms. The molecular formula is C11H17N3O2S. The van der Waals surface area contributed by atoms with Crippen LogP contribution in [0.4, 0.5) is 5.13 Å². The first-order valence-electron chi connectivity index (χ1n) is 5.86. The molecule has 5 nitrogen and oxygen atoms in total. The number of aliphatic carboxylic acids is 1. The predicted molar refractivity (Wildman–Crippen MR) is 66.5 cm³/mol. The zero-order valence-electron chi connectivity index (χ0n) is 10.1. The normalized spacial score (nSPS) is 24.2. The highest BCUT2D eigenvalue weighted by Crippen LogP contribution is 2.38. The number of hydrogen-bond acceptors (Lipinski definition) is 5. The van der Waals surface area contributed by atoms with Gasteiger partial charge in [0.1, 0.15) is 5.82 Å². The van der Waals surface area contributed by atoms with Crippen LogP contribution in [0.5, 0.6) is 0 Å². The Balaban J connectivity index is 2.14. The molecule has 1 aromatic rings. The van der Waals surface area contributed by atoms with Crippen molar-refractivity contribution in [2.45, 2.75) is 33.1 Å². The number of hydrogen-bond donors (Lipinski definition) is 1. The summed E-state index contributed by atoms with van der Waals surface area (Å²) in [6.07, 6.45) is 2.33. The second-order valence-corrected chi connectivity index (χ2v) is 5.36. The number of carbonyl (C=O) groups is 1. The molecule has 1 saturated heterocycles. The molecule has 1 fully saturated rings. The summed E-state index contributed by atoms with van der Waals surface area (Å²) in [5, 5.41) is 10.3. The van der Waals surface area contributed by atoms with E-state index in [0.29, 0.717) is 13.0 Å². The quantitative estimate of drug-likeness (QED) is 0.890. The van der Waals surface area contributed by atoms with Crippen LogP contribution in [0, 0.1) is 12.3 Å². The van der Waals surface area contributed by atoms with Crippen molar-refractivity contribution in [1.29, 1.82) is 0 Å². The molecule has 94 valence electrons. The molecule has 0 aliphatic carbocycles. The van der Waals surface area contributed by atoms with E-state index in [4.69, 9.17) is 0 Å². The zero-order valence-corrected chi connectivity index (χ0v) is 11.0. The molecule has 17 heavy (non-hydrogen) atoms. The molecule has 1 atom stereocenters. The Labute approximate surface area is 105 Å². The third-order valence-electron chi connectivity index (χ3n) is 3.32. The van der Waals surface area contributed by atoms with Crippen molar-refractivity contribution in [3.05, 3.63) is 5.82 Å². The van der Waals surface area contributed by atoms with E-state index in [9.17, 15) is 9.90 Å². The van der Waals surface area contributed by atoms with Crippen molar-refractivity contribution in [2.24, 2.45) is 5.41 Å². The molecule has 0 spiro atoms. The Bertz CT molecular complexity index is 421. The van der Waals surface area contributed by atoms with Gasteiger partial charge in [-0.2, -0.15) is 4.37 Å². The first-order chi connectivity index (χ1) is 8.07. The summed E-state index contributed by atoms with van der Waals surface area (Å²) in [6, 6.07) is 0. The van der Waals surface area contributed by atoms with Gasteiger partial charge in [-0.05, 0) is 19.8 Å². The van der Waals surface area contributed by atoms with Crippen LogP contribution in [0.15, 0.2) is 0 Å². The molecule has 1 N–H and O–H groups in total. The van der Waals surface area contributed by atoms with Crippen molar-refractivity contribution in [2.75, 3.05) is 18.0 Å². The van der Waals surface area contributed by atoms with E-state index in [1.165, 1.54) is 11.5 Å². The summed E-state index contributed by atoms with van der Waals surface area (Å²) in [4.78, 5) is 17.8. The maximum absolute atomic E-state index is 11.4. The van der Waals surface area contributed by atoms with Crippen LogP contribution in [0.3, 0.4) is 0 Å². The lowest BCUT2D eigenvalue weighted by atomic mass is 9.83. The van der Waals surface area contributed by atoms with Crippen molar-refractivity contribution in [3.63, 3.8) is 0 Å². The molecule has 0 bridgehead atoms. The van der Waals surface area contributed by atoms with Gasteiger partial charge in [0, 0.05) is 24.6 Å². The van der Waals surface area contributed by atoms with Crippen LogP contribution in [-0.2, 0) is 4.79 Å². The van der Waals surface area contributed by atoms with Crippen molar-refractivity contribution >= 4 is 22.6 Å². The largest absolute Gasteiger partial charge is 0.481 e. The van der Waals surface area contributed by atoms with Crippen LogP contribution in [0.25, 0.3) is 0 Å². The third kappa shape index (κ3) is 2.26. The molecule has 2 rings (SSSR count). The fourth-order valence-corrected chi connectivity index (χ4v) is 3.11. The smallest absolute Gasteiger partial charge is 0.311 e. The number of aryl methyl sites for hydroxylation is 1. The molecule has 0 saturated carbocycles. The standard InChI is InChI=1S/C11H17N3O2S/c1-3-4-11(9(15)16)5-6-14(7-11)10-12-8(2)13-17-10/h3-7H2,1-2H3,(H,15,16). The predicted octanol–water partition coefficient (Wildman–Crippen LogP) is 1.93. The maximum atomic E-state index is 11.4. The fourth-order valence-electron chi connectivity index (χ4n) is 2.41. The highest BCUT2D eigenvalue weighted by Gasteiger charge is 2.44. The van der Waals surface area contributed by atoms with Crippen molar-refractivity contribution < 1.29 is 9.90 Å². The minimum atomic E-state index is -0.678.